The van der Waals surface area contributed by atoms with E-state index in [1.807, 2.05) is 6.20 Å². The van der Waals surface area contributed by atoms with Crippen molar-refractivity contribution in [2.75, 3.05) is 0 Å². The first-order valence-corrected chi connectivity index (χ1v) is 4.28. The Morgan fingerprint density at radius 1 is 1.55 bits per heavy atom. The Morgan fingerprint density at radius 2 is 2.27 bits per heavy atom. The largest absolute Gasteiger partial charge is 0.263 e. The van der Waals surface area contributed by atoms with Gasteiger partial charge in [-0.15, -0.1) is 0 Å². The van der Waals surface area contributed by atoms with Gasteiger partial charge in [-0.25, -0.2) is 0 Å². The monoisotopic (exact) mass is 167 g/mol. The third kappa shape index (κ3) is 1.75. The summed E-state index contributed by atoms with van der Waals surface area (Å²) < 4.78 is 0. The van der Waals surface area contributed by atoms with Crippen molar-refractivity contribution in [1.82, 2.24) is 4.98 Å². The molecule has 0 aliphatic rings. The van der Waals surface area contributed by atoms with Crippen molar-refractivity contribution in [2.24, 2.45) is 0 Å². The van der Waals surface area contributed by atoms with Gasteiger partial charge in [0.2, 0.25) is 0 Å². The van der Waals surface area contributed by atoms with E-state index in [0.29, 0.717) is 0 Å². The SMILES string of the molecule is BCc1c(Cl)cncc1CC. The zero-order valence-corrected chi connectivity index (χ0v) is 7.65. The Bertz CT molecular complexity index is 250. The number of nitrogens with zero attached hydrogens (tertiary/aromatic N) is 1. The van der Waals surface area contributed by atoms with Crippen LogP contribution in [0.15, 0.2) is 12.4 Å². The summed E-state index contributed by atoms with van der Waals surface area (Å²) in [6.07, 6.45) is 5.60. The molecule has 1 heterocycles. The number of hydrogen-bond donors (Lipinski definition) is 0. The van der Waals surface area contributed by atoms with Gasteiger partial charge in [0.25, 0.3) is 0 Å². The molecule has 0 saturated carbocycles. The summed E-state index contributed by atoms with van der Waals surface area (Å²) in [6, 6.07) is 0. The first kappa shape index (κ1) is 8.60. The van der Waals surface area contributed by atoms with Crippen LogP contribution in [0.1, 0.15) is 18.1 Å². The van der Waals surface area contributed by atoms with Gasteiger partial charge in [-0.1, -0.05) is 24.8 Å². The molecule has 0 aromatic carbocycles. The second-order valence-corrected chi connectivity index (χ2v) is 2.87. The van der Waals surface area contributed by atoms with Crippen molar-refractivity contribution in [2.45, 2.75) is 19.7 Å². The minimum atomic E-state index is 0.798. The molecular weight excluding hydrogens is 156 g/mol. The van der Waals surface area contributed by atoms with E-state index in [4.69, 9.17) is 11.6 Å². The van der Waals surface area contributed by atoms with Gasteiger partial charge in [0.05, 0.1) is 5.02 Å². The molecule has 3 heteroatoms. The van der Waals surface area contributed by atoms with E-state index in [1.54, 1.807) is 6.20 Å². The summed E-state index contributed by atoms with van der Waals surface area (Å²) in [5.74, 6) is 0. The lowest BCUT2D eigenvalue weighted by Gasteiger charge is -2.05. The van der Waals surface area contributed by atoms with Crippen molar-refractivity contribution < 1.29 is 0 Å². The lowest BCUT2D eigenvalue weighted by atomic mass is 9.93. The molecule has 58 valence electrons. The lowest BCUT2D eigenvalue weighted by Crippen LogP contribution is -1.94. The highest BCUT2D eigenvalue weighted by Gasteiger charge is 2.02. The molecule has 0 saturated heterocycles. The molecule has 1 nitrogen and oxygen atoms in total. The molecule has 0 atom stereocenters. The maximum absolute atomic E-state index is 5.95. The highest BCUT2D eigenvalue weighted by atomic mass is 35.5. The zero-order valence-electron chi connectivity index (χ0n) is 6.89. The molecule has 0 aliphatic heterocycles. The van der Waals surface area contributed by atoms with Gasteiger partial charge >= 0.3 is 0 Å². The fourth-order valence-corrected chi connectivity index (χ4v) is 1.51. The molecule has 11 heavy (non-hydrogen) atoms. The van der Waals surface area contributed by atoms with Crippen molar-refractivity contribution in [1.29, 1.82) is 0 Å². The van der Waals surface area contributed by atoms with Gasteiger partial charge in [-0.05, 0) is 17.5 Å². The van der Waals surface area contributed by atoms with Crippen LogP contribution in [0, 0.1) is 0 Å². The molecule has 0 aliphatic carbocycles. The summed E-state index contributed by atoms with van der Waals surface area (Å²) in [4.78, 5) is 4.03. The molecule has 1 aromatic rings. The number of rotatable bonds is 2. The third-order valence-electron chi connectivity index (χ3n) is 1.83. The molecule has 1 rings (SSSR count). The van der Waals surface area contributed by atoms with Gasteiger partial charge in [0, 0.05) is 12.4 Å². The van der Waals surface area contributed by atoms with Crippen LogP contribution in [0.25, 0.3) is 0 Å². The van der Waals surface area contributed by atoms with Crippen LogP contribution in [0.2, 0.25) is 5.02 Å². The zero-order chi connectivity index (χ0) is 8.27. The molecule has 0 bridgehead atoms. The van der Waals surface area contributed by atoms with Crippen molar-refractivity contribution in [3.05, 3.63) is 28.5 Å². The predicted molar refractivity (Wildman–Crippen MR) is 50.9 cm³/mol. The molecule has 0 unspecified atom stereocenters. The second-order valence-electron chi connectivity index (χ2n) is 2.47. The van der Waals surface area contributed by atoms with E-state index < -0.39 is 0 Å². The molecular formula is C8H11BClN. The van der Waals surface area contributed by atoms with Gasteiger partial charge in [0.15, 0.2) is 0 Å². The average molecular weight is 167 g/mol. The number of aryl methyl sites for hydroxylation is 1. The van der Waals surface area contributed by atoms with Gasteiger partial charge in [0.1, 0.15) is 7.85 Å². The lowest BCUT2D eigenvalue weighted by molar-refractivity contribution is 1.06. The van der Waals surface area contributed by atoms with Crippen LogP contribution < -0.4 is 0 Å². The van der Waals surface area contributed by atoms with E-state index in [0.717, 1.165) is 17.8 Å². The number of hydrogen-bond acceptors (Lipinski definition) is 1. The maximum Gasteiger partial charge on any atom is 0.107 e. The second kappa shape index (κ2) is 3.77. The van der Waals surface area contributed by atoms with Crippen molar-refractivity contribution >= 4 is 19.4 Å². The third-order valence-corrected chi connectivity index (χ3v) is 2.15. The molecule has 0 radical (unpaired) electrons. The molecule has 0 fully saturated rings. The predicted octanol–water partition coefficient (Wildman–Crippen LogP) is 1.43. The minimum absolute atomic E-state index is 0.798. The van der Waals surface area contributed by atoms with E-state index in [-0.39, 0.29) is 0 Å². The van der Waals surface area contributed by atoms with Crippen LogP contribution in [0.4, 0.5) is 0 Å². The molecule has 0 spiro atoms. The van der Waals surface area contributed by atoms with E-state index in [9.17, 15) is 0 Å². The smallest absolute Gasteiger partial charge is 0.107 e. The van der Waals surface area contributed by atoms with E-state index in [1.165, 1.54) is 11.1 Å². The normalized spacial score (nSPS) is 10.0. The standard InChI is InChI=1S/C8H11BClN/c1-2-6-4-11-5-8(10)7(6)3-9/h4-5H,2-3,9H2,1H3. The summed E-state index contributed by atoms with van der Waals surface area (Å²) in [7, 11) is 2.11. The Hall–Kier alpha value is -0.495. The van der Waals surface area contributed by atoms with Crippen LogP contribution in [0.5, 0.6) is 0 Å². The fourth-order valence-electron chi connectivity index (χ4n) is 1.20. The van der Waals surface area contributed by atoms with Crippen molar-refractivity contribution in [3.8, 4) is 0 Å². The summed E-state index contributed by atoms with van der Waals surface area (Å²) >= 11 is 5.95. The van der Waals surface area contributed by atoms with E-state index in [2.05, 4.69) is 19.8 Å². The first-order valence-electron chi connectivity index (χ1n) is 3.90. The van der Waals surface area contributed by atoms with Crippen LogP contribution in [-0.2, 0) is 12.7 Å². The maximum atomic E-state index is 5.95. The van der Waals surface area contributed by atoms with Crippen LogP contribution in [-0.4, -0.2) is 12.8 Å². The summed E-state index contributed by atoms with van der Waals surface area (Å²) in [5.41, 5.74) is 2.50. The quantitative estimate of drug-likeness (QED) is 0.607. The number of halogens is 1. The molecule has 0 N–H and O–H groups in total. The molecule has 0 amide bonds. The Labute approximate surface area is 73.2 Å². The molecule has 1 aromatic heterocycles. The Kier molecular flexibility index (Phi) is 2.95. The Morgan fingerprint density at radius 3 is 2.73 bits per heavy atom. The van der Waals surface area contributed by atoms with Gasteiger partial charge in [-0.2, -0.15) is 0 Å². The van der Waals surface area contributed by atoms with Gasteiger partial charge in [-0.3, -0.25) is 4.98 Å². The highest BCUT2D eigenvalue weighted by molar-refractivity contribution is 6.31. The number of aromatic nitrogens is 1. The topological polar surface area (TPSA) is 12.9 Å². The van der Waals surface area contributed by atoms with Crippen molar-refractivity contribution in [3.63, 3.8) is 0 Å². The van der Waals surface area contributed by atoms with E-state index >= 15 is 0 Å². The average Bonchev–Trinajstić information content (AvgIpc) is 2.04. The highest BCUT2D eigenvalue weighted by Crippen LogP contribution is 2.18. The first-order chi connectivity index (χ1) is 5.29. The van der Waals surface area contributed by atoms with Gasteiger partial charge < -0.3 is 0 Å². The minimum Gasteiger partial charge on any atom is -0.263 e. The summed E-state index contributed by atoms with van der Waals surface area (Å²) in [5, 5.41) is 0.798. The van der Waals surface area contributed by atoms with Crippen LogP contribution >= 0.6 is 11.6 Å². The summed E-state index contributed by atoms with van der Waals surface area (Å²) in [6.45, 7) is 2.12. The van der Waals surface area contributed by atoms with Crippen LogP contribution in [0.3, 0.4) is 0 Å². The number of pyridine rings is 1. The Balaban J connectivity index is 3.13. The fraction of sp³-hybridized carbons (Fsp3) is 0.375.